The maximum Gasteiger partial charge on any atom is 0.0129 e. The van der Waals surface area contributed by atoms with Gasteiger partial charge in [0.15, 0.2) is 0 Å². The fourth-order valence-electron chi connectivity index (χ4n) is 2.79. The Morgan fingerprint density at radius 3 is 2.86 bits per heavy atom. The fourth-order valence-corrected chi connectivity index (χ4v) is 3.41. The van der Waals surface area contributed by atoms with E-state index < -0.39 is 0 Å². The molecule has 1 N–H and O–H groups in total. The van der Waals surface area contributed by atoms with Gasteiger partial charge in [-0.3, -0.25) is 0 Å². The minimum Gasteiger partial charge on any atom is -0.313 e. The number of thioether (sulfide) groups is 1. The fraction of sp³-hybridized carbons (Fsp3) is 0.833. The van der Waals surface area contributed by atoms with Crippen LogP contribution in [0.4, 0.5) is 0 Å². The number of fused-ring (bicyclic) bond motifs is 2. The zero-order valence-corrected chi connectivity index (χ0v) is 10.0. The summed E-state index contributed by atoms with van der Waals surface area (Å²) in [6, 6.07) is 0.674. The van der Waals surface area contributed by atoms with Gasteiger partial charge in [0.2, 0.25) is 0 Å². The first-order valence-electron chi connectivity index (χ1n) is 5.70. The largest absolute Gasteiger partial charge is 0.313 e. The van der Waals surface area contributed by atoms with Gasteiger partial charge in [0.1, 0.15) is 0 Å². The average Bonchev–Trinajstić information content (AvgIpc) is 2.76. The van der Waals surface area contributed by atoms with Gasteiger partial charge in [-0.15, -0.1) is 0 Å². The summed E-state index contributed by atoms with van der Waals surface area (Å²) in [6.45, 7) is 3.52. The molecule has 1 nitrogen and oxygen atoms in total. The van der Waals surface area contributed by atoms with Crippen LogP contribution in [0.2, 0.25) is 0 Å². The summed E-state index contributed by atoms with van der Waals surface area (Å²) in [4.78, 5) is 0. The number of hydrogen-bond donors (Lipinski definition) is 1. The minimum absolute atomic E-state index is 0.674. The molecule has 4 atom stereocenters. The highest BCUT2D eigenvalue weighted by molar-refractivity contribution is 7.98. The van der Waals surface area contributed by atoms with Crippen molar-refractivity contribution in [3.63, 3.8) is 0 Å². The van der Waals surface area contributed by atoms with E-state index in [0.717, 1.165) is 17.8 Å². The zero-order chi connectivity index (χ0) is 9.97. The van der Waals surface area contributed by atoms with E-state index in [1.54, 1.807) is 0 Å². The highest BCUT2D eigenvalue weighted by Crippen LogP contribution is 2.42. The second-order valence-corrected chi connectivity index (χ2v) is 5.72. The molecule has 1 fully saturated rings. The molecular weight excluding hydrogens is 190 g/mol. The average molecular weight is 211 g/mol. The zero-order valence-electron chi connectivity index (χ0n) is 9.20. The second-order valence-electron chi connectivity index (χ2n) is 4.80. The number of rotatable bonds is 5. The maximum absolute atomic E-state index is 3.66. The van der Waals surface area contributed by atoms with Crippen LogP contribution in [0.5, 0.6) is 0 Å². The lowest BCUT2D eigenvalue weighted by molar-refractivity contribution is 0.399. The van der Waals surface area contributed by atoms with Crippen molar-refractivity contribution in [1.29, 1.82) is 0 Å². The normalized spacial score (nSPS) is 36.6. The Labute approximate surface area is 91.7 Å². The molecule has 80 valence electrons. The van der Waals surface area contributed by atoms with Gasteiger partial charge in [0, 0.05) is 11.8 Å². The molecule has 1 saturated carbocycles. The minimum atomic E-state index is 0.674. The molecule has 0 aromatic rings. The van der Waals surface area contributed by atoms with Crippen molar-refractivity contribution in [2.45, 2.75) is 25.8 Å². The van der Waals surface area contributed by atoms with E-state index in [-0.39, 0.29) is 0 Å². The van der Waals surface area contributed by atoms with Gasteiger partial charge in [-0.2, -0.15) is 11.8 Å². The Kier molecular flexibility index (Phi) is 3.56. The van der Waals surface area contributed by atoms with Crippen molar-refractivity contribution in [3.05, 3.63) is 12.2 Å². The maximum atomic E-state index is 3.66. The summed E-state index contributed by atoms with van der Waals surface area (Å²) in [5.41, 5.74) is 0. The van der Waals surface area contributed by atoms with Crippen molar-refractivity contribution in [2.24, 2.45) is 17.8 Å². The monoisotopic (exact) mass is 211 g/mol. The highest BCUT2D eigenvalue weighted by Gasteiger charge is 2.35. The van der Waals surface area contributed by atoms with Gasteiger partial charge < -0.3 is 5.32 Å². The van der Waals surface area contributed by atoms with Crippen molar-refractivity contribution >= 4 is 11.8 Å². The van der Waals surface area contributed by atoms with E-state index in [4.69, 9.17) is 0 Å². The molecule has 0 radical (unpaired) electrons. The van der Waals surface area contributed by atoms with Gasteiger partial charge in [0.05, 0.1) is 0 Å². The van der Waals surface area contributed by atoms with Crippen molar-refractivity contribution in [3.8, 4) is 0 Å². The molecule has 0 aromatic heterocycles. The summed E-state index contributed by atoms with van der Waals surface area (Å²) in [5, 5.41) is 3.66. The Morgan fingerprint density at radius 1 is 1.43 bits per heavy atom. The topological polar surface area (TPSA) is 12.0 Å². The summed E-state index contributed by atoms with van der Waals surface area (Å²) in [7, 11) is 0. The predicted molar refractivity (Wildman–Crippen MR) is 64.7 cm³/mol. The molecule has 2 heteroatoms. The van der Waals surface area contributed by atoms with Crippen LogP contribution >= 0.6 is 11.8 Å². The standard InChI is InChI=1S/C12H21NS/c1-9(8-14-2)13-7-12-6-10-3-4-11(12)5-10/h3-4,9-13H,5-8H2,1-2H3. The number of hydrogen-bond acceptors (Lipinski definition) is 2. The van der Waals surface area contributed by atoms with E-state index in [1.807, 2.05) is 11.8 Å². The Bertz CT molecular complexity index is 214. The number of nitrogens with one attached hydrogen (secondary N) is 1. The molecule has 4 unspecified atom stereocenters. The molecule has 0 saturated heterocycles. The Hall–Kier alpha value is 0.0500. The quantitative estimate of drug-likeness (QED) is 0.701. The molecule has 0 aromatic carbocycles. The smallest absolute Gasteiger partial charge is 0.0129 e. The SMILES string of the molecule is CSCC(C)NCC1CC2C=CC1C2. The molecule has 2 bridgehead atoms. The third-order valence-corrected chi connectivity index (χ3v) is 4.39. The molecular formula is C12H21NS. The van der Waals surface area contributed by atoms with Crippen LogP contribution in [0.25, 0.3) is 0 Å². The third kappa shape index (κ3) is 2.34. The van der Waals surface area contributed by atoms with Crippen LogP contribution in [-0.4, -0.2) is 24.6 Å². The summed E-state index contributed by atoms with van der Waals surface area (Å²) >= 11 is 1.93. The predicted octanol–water partition coefficient (Wildman–Crippen LogP) is 2.54. The lowest BCUT2D eigenvalue weighted by atomic mass is 9.93. The van der Waals surface area contributed by atoms with Crippen molar-refractivity contribution in [1.82, 2.24) is 5.32 Å². The number of allylic oxidation sites excluding steroid dienone is 2. The first-order valence-corrected chi connectivity index (χ1v) is 7.09. The van der Waals surface area contributed by atoms with Crippen LogP contribution < -0.4 is 5.32 Å². The third-order valence-electron chi connectivity index (χ3n) is 3.56. The lowest BCUT2D eigenvalue weighted by Gasteiger charge is -2.21. The summed E-state index contributed by atoms with van der Waals surface area (Å²) < 4.78 is 0. The molecule has 2 rings (SSSR count). The molecule has 2 aliphatic carbocycles. The molecule has 0 heterocycles. The van der Waals surface area contributed by atoms with Crippen molar-refractivity contribution in [2.75, 3.05) is 18.6 Å². The van der Waals surface area contributed by atoms with Crippen LogP contribution in [0, 0.1) is 17.8 Å². The lowest BCUT2D eigenvalue weighted by Crippen LogP contribution is -2.34. The first-order chi connectivity index (χ1) is 6.79. The second kappa shape index (κ2) is 4.71. The molecule has 0 amide bonds. The van der Waals surface area contributed by atoms with Crippen LogP contribution in [0.1, 0.15) is 19.8 Å². The van der Waals surface area contributed by atoms with Crippen molar-refractivity contribution < 1.29 is 0 Å². The molecule has 0 aliphatic heterocycles. The molecule has 14 heavy (non-hydrogen) atoms. The molecule has 0 spiro atoms. The van der Waals surface area contributed by atoms with E-state index >= 15 is 0 Å². The Balaban J connectivity index is 1.69. The van der Waals surface area contributed by atoms with E-state index in [2.05, 4.69) is 30.6 Å². The Morgan fingerprint density at radius 2 is 2.29 bits per heavy atom. The van der Waals surface area contributed by atoms with Gasteiger partial charge in [0.25, 0.3) is 0 Å². The van der Waals surface area contributed by atoms with Gasteiger partial charge >= 0.3 is 0 Å². The van der Waals surface area contributed by atoms with Gasteiger partial charge in [-0.25, -0.2) is 0 Å². The van der Waals surface area contributed by atoms with E-state index in [1.165, 1.54) is 25.1 Å². The van der Waals surface area contributed by atoms with Crippen LogP contribution in [0.15, 0.2) is 12.2 Å². The van der Waals surface area contributed by atoms with Gasteiger partial charge in [-0.05, 0) is 50.3 Å². The summed E-state index contributed by atoms with van der Waals surface area (Å²) in [5.74, 6) is 3.97. The van der Waals surface area contributed by atoms with Crippen LogP contribution in [-0.2, 0) is 0 Å². The van der Waals surface area contributed by atoms with E-state index in [0.29, 0.717) is 6.04 Å². The first kappa shape index (κ1) is 10.6. The van der Waals surface area contributed by atoms with E-state index in [9.17, 15) is 0 Å². The molecule has 2 aliphatic rings. The van der Waals surface area contributed by atoms with Gasteiger partial charge in [-0.1, -0.05) is 12.2 Å². The van der Waals surface area contributed by atoms with Crippen LogP contribution in [0.3, 0.4) is 0 Å². The summed E-state index contributed by atoms with van der Waals surface area (Å²) in [6.07, 6.45) is 9.91. The highest BCUT2D eigenvalue weighted by atomic mass is 32.2.